The summed E-state index contributed by atoms with van der Waals surface area (Å²) >= 11 is 0. The third-order valence-corrected chi connectivity index (χ3v) is 3.93. The van der Waals surface area contributed by atoms with Gasteiger partial charge in [-0.25, -0.2) is 0 Å². The number of nitrogens with zero attached hydrogens (tertiary/aromatic N) is 1. The molecule has 0 radical (unpaired) electrons. The molecule has 0 aliphatic carbocycles. The zero-order chi connectivity index (χ0) is 13.8. The Labute approximate surface area is 104 Å². The van der Waals surface area contributed by atoms with Gasteiger partial charge in [-0.05, 0) is 24.3 Å². The molecule has 0 atom stereocenters. The topological polar surface area (TPSA) is 122 Å². The molecule has 7 nitrogen and oxygen atoms in total. The molecule has 1 N–H and O–H groups in total. The van der Waals surface area contributed by atoms with Crippen LogP contribution in [0.4, 0.5) is 0 Å². The summed E-state index contributed by atoms with van der Waals surface area (Å²) in [5.74, 6) is -1.83. The van der Waals surface area contributed by atoms with Crippen molar-refractivity contribution in [3.63, 3.8) is 0 Å². The van der Waals surface area contributed by atoms with Gasteiger partial charge in [-0.2, -0.15) is 22.1 Å². The van der Waals surface area contributed by atoms with E-state index in [1.807, 2.05) is 6.07 Å². The first-order chi connectivity index (χ1) is 8.22. The SMILES string of the molecule is N#Cc1ccc(OS(=O)(=O)CCS(=O)(=O)O)cc1. The highest BCUT2D eigenvalue weighted by Crippen LogP contribution is 2.14. The van der Waals surface area contributed by atoms with Gasteiger partial charge in [-0.15, -0.1) is 0 Å². The Bertz CT molecular complexity index is 654. The van der Waals surface area contributed by atoms with Crippen LogP contribution in [-0.4, -0.2) is 32.9 Å². The quantitative estimate of drug-likeness (QED) is 0.605. The van der Waals surface area contributed by atoms with Crippen LogP contribution < -0.4 is 4.18 Å². The first-order valence-electron chi connectivity index (χ1n) is 4.59. The third-order valence-electron chi connectivity index (χ3n) is 1.80. The Morgan fingerprint density at radius 2 is 1.67 bits per heavy atom. The molecule has 0 unspecified atom stereocenters. The molecule has 0 aromatic heterocycles. The van der Waals surface area contributed by atoms with Crippen LogP contribution in [0, 0.1) is 11.3 Å². The Morgan fingerprint density at radius 1 is 1.11 bits per heavy atom. The van der Waals surface area contributed by atoms with Gasteiger partial charge in [0, 0.05) is 0 Å². The van der Waals surface area contributed by atoms with Crippen LogP contribution in [0.3, 0.4) is 0 Å². The molecule has 0 spiro atoms. The minimum absolute atomic E-state index is 0.0377. The van der Waals surface area contributed by atoms with Gasteiger partial charge in [0.05, 0.1) is 17.4 Å². The van der Waals surface area contributed by atoms with E-state index in [0.29, 0.717) is 5.56 Å². The number of hydrogen-bond acceptors (Lipinski definition) is 6. The van der Waals surface area contributed by atoms with Crippen LogP contribution in [0.2, 0.25) is 0 Å². The van der Waals surface area contributed by atoms with Gasteiger partial charge in [-0.3, -0.25) is 4.55 Å². The van der Waals surface area contributed by atoms with E-state index in [0.717, 1.165) is 0 Å². The highest BCUT2D eigenvalue weighted by molar-refractivity contribution is 7.90. The zero-order valence-electron chi connectivity index (χ0n) is 8.98. The van der Waals surface area contributed by atoms with E-state index in [1.165, 1.54) is 24.3 Å². The molecular weight excluding hydrogens is 282 g/mol. The van der Waals surface area contributed by atoms with E-state index in [9.17, 15) is 16.8 Å². The van der Waals surface area contributed by atoms with Gasteiger partial charge in [0.1, 0.15) is 11.5 Å². The first-order valence-corrected chi connectivity index (χ1v) is 7.78. The minimum atomic E-state index is -4.36. The molecule has 18 heavy (non-hydrogen) atoms. The van der Waals surface area contributed by atoms with E-state index in [1.54, 1.807) is 0 Å². The zero-order valence-corrected chi connectivity index (χ0v) is 10.6. The Balaban J connectivity index is 2.74. The van der Waals surface area contributed by atoms with Crippen LogP contribution in [-0.2, 0) is 20.2 Å². The molecule has 9 heteroatoms. The van der Waals surface area contributed by atoms with Crippen molar-refractivity contribution in [2.24, 2.45) is 0 Å². The Hall–Kier alpha value is -1.63. The van der Waals surface area contributed by atoms with Gasteiger partial charge in [0.15, 0.2) is 0 Å². The summed E-state index contributed by atoms with van der Waals surface area (Å²) in [4.78, 5) is 0. The molecule has 0 amide bonds. The standard InChI is InChI=1S/C9H9NO6S2/c10-7-8-1-3-9(4-2-8)16-18(14,15)6-5-17(11,12)13/h1-4H,5-6H2,(H,11,12,13). The van der Waals surface area contributed by atoms with Crippen molar-refractivity contribution >= 4 is 20.2 Å². The van der Waals surface area contributed by atoms with Gasteiger partial charge < -0.3 is 4.18 Å². The van der Waals surface area contributed by atoms with E-state index < -0.39 is 31.7 Å². The summed E-state index contributed by atoms with van der Waals surface area (Å²) in [6, 6.07) is 7.09. The second-order valence-electron chi connectivity index (χ2n) is 3.27. The molecule has 98 valence electrons. The van der Waals surface area contributed by atoms with Gasteiger partial charge >= 0.3 is 10.1 Å². The van der Waals surface area contributed by atoms with Crippen molar-refractivity contribution in [1.82, 2.24) is 0 Å². The normalized spacial score (nSPS) is 11.8. The molecule has 1 rings (SSSR count). The highest BCUT2D eigenvalue weighted by Gasteiger charge is 2.17. The molecular formula is C9H9NO6S2. The maximum absolute atomic E-state index is 11.3. The van der Waals surface area contributed by atoms with Crippen molar-refractivity contribution in [3.05, 3.63) is 29.8 Å². The van der Waals surface area contributed by atoms with Crippen LogP contribution in [0.5, 0.6) is 5.75 Å². The molecule has 0 heterocycles. The molecule has 0 bridgehead atoms. The summed E-state index contributed by atoms with van der Waals surface area (Å²) < 4.78 is 56.5. The molecule has 0 aliphatic heterocycles. The summed E-state index contributed by atoms with van der Waals surface area (Å²) in [6.07, 6.45) is 0. The smallest absolute Gasteiger partial charge is 0.310 e. The number of hydrogen-bond donors (Lipinski definition) is 1. The lowest BCUT2D eigenvalue weighted by Gasteiger charge is -2.05. The lowest BCUT2D eigenvalue weighted by atomic mass is 10.2. The molecule has 0 saturated carbocycles. The predicted octanol–water partition coefficient (Wildman–Crippen LogP) is 0.155. The van der Waals surface area contributed by atoms with Crippen molar-refractivity contribution in [2.45, 2.75) is 0 Å². The van der Waals surface area contributed by atoms with Gasteiger partial charge in [-0.1, -0.05) is 0 Å². The summed E-state index contributed by atoms with van der Waals surface area (Å²) in [5, 5.41) is 8.53. The summed E-state index contributed by atoms with van der Waals surface area (Å²) in [5.41, 5.74) is 0.331. The van der Waals surface area contributed by atoms with E-state index >= 15 is 0 Å². The molecule has 0 aliphatic rings. The number of rotatable bonds is 5. The van der Waals surface area contributed by atoms with Crippen LogP contribution in [0.1, 0.15) is 5.56 Å². The Kier molecular flexibility index (Phi) is 4.28. The van der Waals surface area contributed by atoms with Gasteiger partial charge in [0.25, 0.3) is 10.1 Å². The van der Waals surface area contributed by atoms with Crippen LogP contribution in [0.15, 0.2) is 24.3 Å². The highest BCUT2D eigenvalue weighted by atomic mass is 32.2. The monoisotopic (exact) mass is 291 g/mol. The van der Waals surface area contributed by atoms with Crippen molar-refractivity contribution < 1.29 is 25.6 Å². The third kappa shape index (κ3) is 5.13. The average Bonchev–Trinajstić information content (AvgIpc) is 2.26. The fraction of sp³-hybridized carbons (Fsp3) is 0.222. The second-order valence-corrected chi connectivity index (χ2v) is 6.53. The van der Waals surface area contributed by atoms with Crippen LogP contribution >= 0.6 is 0 Å². The average molecular weight is 291 g/mol. The molecule has 0 fully saturated rings. The van der Waals surface area contributed by atoms with Crippen LogP contribution in [0.25, 0.3) is 0 Å². The lowest BCUT2D eigenvalue weighted by Crippen LogP contribution is -2.20. The second kappa shape index (κ2) is 5.34. The summed E-state index contributed by atoms with van der Waals surface area (Å²) in [7, 11) is -8.47. The fourth-order valence-electron chi connectivity index (χ4n) is 0.981. The Morgan fingerprint density at radius 3 is 2.11 bits per heavy atom. The van der Waals surface area contributed by atoms with E-state index in [-0.39, 0.29) is 5.75 Å². The molecule has 1 aromatic carbocycles. The van der Waals surface area contributed by atoms with E-state index in [4.69, 9.17) is 9.81 Å². The van der Waals surface area contributed by atoms with E-state index in [2.05, 4.69) is 4.18 Å². The van der Waals surface area contributed by atoms with Crippen molar-refractivity contribution in [3.8, 4) is 11.8 Å². The fourth-order valence-corrected chi connectivity index (χ4v) is 3.13. The van der Waals surface area contributed by atoms with Crippen molar-refractivity contribution in [1.29, 1.82) is 5.26 Å². The maximum Gasteiger partial charge on any atom is 0.310 e. The number of nitriles is 1. The van der Waals surface area contributed by atoms with Gasteiger partial charge in [0.2, 0.25) is 0 Å². The summed E-state index contributed by atoms with van der Waals surface area (Å²) in [6.45, 7) is 0. The lowest BCUT2D eigenvalue weighted by molar-refractivity contribution is 0.473. The van der Waals surface area contributed by atoms with Crippen molar-refractivity contribution in [2.75, 3.05) is 11.5 Å². The number of benzene rings is 1. The first kappa shape index (κ1) is 14.4. The maximum atomic E-state index is 11.3. The molecule has 1 aromatic rings. The molecule has 0 saturated heterocycles. The predicted molar refractivity (Wildman–Crippen MR) is 62.0 cm³/mol. The largest absolute Gasteiger partial charge is 0.382 e. The minimum Gasteiger partial charge on any atom is -0.382 e.